The van der Waals surface area contributed by atoms with Gasteiger partial charge in [-0.15, -0.1) is 0 Å². The third-order valence-corrected chi connectivity index (χ3v) is 8.56. The lowest BCUT2D eigenvalue weighted by Gasteiger charge is -2.39. The summed E-state index contributed by atoms with van der Waals surface area (Å²) in [5.74, 6) is -1.41. The van der Waals surface area contributed by atoms with Crippen LogP contribution in [0.3, 0.4) is 0 Å². The highest BCUT2D eigenvalue weighted by Gasteiger charge is 2.37. The zero-order valence-corrected chi connectivity index (χ0v) is 21.8. The average Bonchev–Trinajstić information content (AvgIpc) is 3.57. The van der Waals surface area contributed by atoms with Gasteiger partial charge in [0.1, 0.15) is 0 Å². The molecule has 1 aliphatic heterocycles. The molecule has 2 unspecified atom stereocenters. The van der Waals surface area contributed by atoms with Crippen molar-refractivity contribution in [2.75, 3.05) is 20.1 Å². The molecule has 37 heavy (non-hydrogen) atoms. The molecule has 2 aromatic carbocycles. The molecule has 196 valence electrons. The lowest BCUT2D eigenvalue weighted by atomic mass is 9.82. The van der Waals surface area contributed by atoms with E-state index in [-0.39, 0.29) is 12.3 Å². The minimum atomic E-state index is -2.61. The number of piperidine rings is 1. The first-order valence-electron chi connectivity index (χ1n) is 12.9. The Labute approximate surface area is 220 Å². The number of hydrogen-bond donors (Lipinski definition) is 2. The van der Waals surface area contributed by atoms with E-state index in [4.69, 9.17) is 0 Å². The first kappa shape index (κ1) is 25.9. The van der Waals surface area contributed by atoms with Crippen molar-refractivity contribution in [3.05, 3.63) is 76.2 Å². The fourth-order valence-corrected chi connectivity index (χ4v) is 6.34. The summed E-state index contributed by atoms with van der Waals surface area (Å²) < 4.78 is 32.1. The zero-order chi connectivity index (χ0) is 26.0. The predicted molar refractivity (Wildman–Crippen MR) is 142 cm³/mol. The van der Waals surface area contributed by atoms with E-state index in [1.54, 1.807) is 35.2 Å². The third-order valence-electron chi connectivity index (χ3n) is 8.00. The number of benzene rings is 2. The van der Waals surface area contributed by atoms with E-state index in [2.05, 4.69) is 21.8 Å². The first-order valence-corrected chi connectivity index (χ1v) is 13.8. The Kier molecular flexibility index (Phi) is 7.70. The number of likely N-dealkylation sites (tertiary alicyclic amines) is 1. The summed E-state index contributed by atoms with van der Waals surface area (Å²) in [7, 11) is 1.98. The van der Waals surface area contributed by atoms with Crippen LogP contribution in [0.15, 0.2) is 53.9 Å². The van der Waals surface area contributed by atoms with E-state index in [9.17, 15) is 18.7 Å². The zero-order valence-electron chi connectivity index (χ0n) is 21.0. The van der Waals surface area contributed by atoms with Gasteiger partial charge in [-0.2, -0.15) is 4.37 Å². The topological polar surface area (TPSA) is 65.5 Å². The maximum absolute atomic E-state index is 13.8. The lowest BCUT2D eigenvalue weighted by molar-refractivity contribution is -0.136. The van der Waals surface area contributed by atoms with Gasteiger partial charge in [-0.1, -0.05) is 36.4 Å². The molecule has 2 atom stereocenters. The lowest BCUT2D eigenvalue weighted by Crippen LogP contribution is -2.48. The normalized spacial score (nSPS) is 19.7. The highest BCUT2D eigenvalue weighted by Crippen LogP contribution is 2.39. The first-order chi connectivity index (χ1) is 17.9. The van der Waals surface area contributed by atoms with Gasteiger partial charge in [0, 0.05) is 42.9 Å². The molecule has 3 aromatic rings. The van der Waals surface area contributed by atoms with Crippen LogP contribution in [0.5, 0.6) is 0 Å². The van der Waals surface area contributed by atoms with E-state index in [0.717, 1.165) is 29.7 Å². The molecule has 5 rings (SSSR count). The minimum Gasteiger partial charge on any atom is -0.389 e. The molecule has 0 radical (unpaired) electrons. The van der Waals surface area contributed by atoms with Crippen LogP contribution in [-0.4, -0.2) is 52.5 Å². The number of carbonyl (C=O) groups excluding carboxylic acids is 1. The van der Waals surface area contributed by atoms with Gasteiger partial charge in [-0.25, -0.2) is 8.78 Å². The molecule has 1 amide bonds. The van der Waals surface area contributed by atoms with Gasteiger partial charge >= 0.3 is 0 Å². The Morgan fingerprint density at radius 2 is 1.97 bits per heavy atom. The summed E-state index contributed by atoms with van der Waals surface area (Å²) in [6.45, 7) is 0.715. The monoisotopic (exact) mass is 525 g/mol. The van der Waals surface area contributed by atoms with Gasteiger partial charge < -0.3 is 15.3 Å². The van der Waals surface area contributed by atoms with Crippen LogP contribution in [0, 0.1) is 0 Å². The van der Waals surface area contributed by atoms with E-state index >= 15 is 0 Å². The second-order valence-electron chi connectivity index (χ2n) is 10.3. The molecule has 2 aliphatic rings. The van der Waals surface area contributed by atoms with Crippen molar-refractivity contribution < 1.29 is 18.7 Å². The molecule has 2 N–H and O–H groups in total. The number of hydrogen-bond acceptors (Lipinski definition) is 5. The fourth-order valence-electron chi connectivity index (χ4n) is 5.81. The number of aliphatic hydroxyl groups is 1. The van der Waals surface area contributed by atoms with E-state index < -0.39 is 17.9 Å². The molecule has 5 nitrogen and oxygen atoms in total. The quantitative estimate of drug-likeness (QED) is 0.416. The maximum Gasteiger partial charge on any atom is 0.245 e. The number of rotatable bonds is 8. The van der Waals surface area contributed by atoms with Crippen LogP contribution < -0.4 is 5.32 Å². The van der Waals surface area contributed by atoms with Crippen molar-refractivity contribution in [2.45, 2.75) is 62.5 Å². The number of alkyl halides is 2. The fraction of sp³-hybridized carbons (Fsp3) is 0.448. The molecule has 1 saturated heterocycles. The van der Waals surface area contributed by atoms with Gasteiger partial charge in [0.05, 0.1) is 17.2 Å². The number of fused-ring (bicyclic) bond motifs is 1. The number of aromatic nitrogens is 1. The van der Waals surface area contributed by atoms with Gasteiger partial charge in [-0.05, 0) is 78.6 Å². The summed E-state index contributed by atoms with van der Waals surface area (Å²) in [5, 5.41) is 16.9. The number of nitrogens with zero attached hydrogens (tertiary/aromatic N) is 2. The van der Waals surface area contributed by atoms with Gasteiger partial charge in [-0.3, -0.25) is 4.79 Å². The minimum absolute atomic E-state index is 0.232. The Morgan fingerprint density at radius 1 is 1.22 bits per heavy atom. The van der Waals surface area contributed by atoms with Crippen molar-refractivity contribution in [1.82, 2.24) is 14.6 Å². The molecule has 1 aliphatic carbocycles. The number of halogens is 2. The summed E-state index contributed by atoms with van der Waals surface area (Å²) in [5.41, 5.74) is 5.17. The Bertz CT molecular complexity index is 1210. The highest BCUT2D eigenvalue weighted by atomic mass is 32.1. The van der Waals surface area contributed by atoms with Gasteiger partial charge in [0.15, 0.2) is 0 Å². The molecule has 0 spiro atoms. The third kappa shape index (κ3) is 5.61. The molecule has 2 heterocycles. The van der Waals surface area contributed by atoms with Crippen LogP contribution in [0.4, 0.5) is 8.78 Å². The van der Waals surface area contributed by atoms with E-state index in [0.29, 0.717) is 44.0 Å². The largest absolute Gasteiger partial charge is 0.389 e. The maximum atomic E-state index is 13.8. The van der Waals surface area contributed by atoms with E-state index in [1.807, 2.05) is 18.5 Å². The molecular formula is C29H33F2N3O2S. The smallest absolute Gasteiger partial charge is 0.245 e. The van der Waals surface area contributed by atoms with Crippen LogP contribution >= 0.6 is 11.5 Å². The van der Waals surface area contributed by atoms with Crippen LogP contribution in [0.2, 0.25) is 0 Å². The van der Waals surface area contributed by atoms with Crippen molar-refractivity contribution in [3.8, 4) is 11.3 Å². The number of nitrogens with one attached hydrogen (secondary N) is 1. The van der Waals surface area contributed by atoms with Crippen LogP contribution in [0.25, 0.3) is 11.3 Å². The summed E-state index contributed by atoms with van der Waals surface area (Å²) in [4.78, 5) is 14.6. The molecule has 0 bridgehead atoms. The average molecular weight is 526 g/mol. The second-order valence-corrected chi connectivity index (χ2v) is 11.0. The standard InChI is InChI=1S/C29H33F2N3O2S/c1-32-25-8-7-20-15-23(26-9-14-37-33-26)21(16-22(20)25)18-29(36)10-12-34(13-11-29)27(35)17-24(28(30)31)19-5-3-2-4-6-19/h2-6,9,14-16,24-25,28,32,36H,7-8,10-13,17-18H2,1H3. The van der Waals surface area contributed by atoms with Crippen molar-refractivity contribution >= 4 is 17.4 Å². The van der Waals surface area contributed by atoms with Crippen molar-refractivity contribution in [1.29, 1.82) is 0 Å². The Balaban J connectivity index is 1.29. The molecule has 8 heteroatoms. The highest BCUT2D eigenvalue weighted by molar-refractivity contribution is 7.03. The van der Waals surface area contributed by atoms with E-state index in [1.165, 1.54) is 22.7 Å². The Morgan fingerprint density at radius 3 is 2.62 bits per heavy atom. The number of carbonyl (C=O) groups is 1. The van der Waals surface area contributed by atoms with Gasteiger partial charge in [0.2, 0.25) is 12.3 Å². The van der Waals surface area contributed by atoms with Crippen LogP contribution in [0.1, 0.15) is 59.9 Å². The van der Waals surface area contributed by atoms with Crippen molar-refractivity contribution in [2.24, 2.45) is 0 Å². The van der Waals surface area contributed by atoms with Gasteiger partial charge in [0.25, 0.3) is 0 Å². The molecule has 1 fully saturated rings. The summed E-state index contributed by atoms with van der Waals surface area (Å²) in [6.07, 6.45) is 0.509. The summed E-state index contributed by atoms with van der Waals surface area (Å²) >= 11 is 1.41. The number of aryl methyl sites for hydroxylation is 1. The molecule has 0 saturated carbocycles. The molecular weight excluding hydrogens is 492 g/mol. The van der Waals surface area contributed by atoms with Crippen molar-refractivity contribution in [3.63, 3.8) is 0 Å². The second kappa shape index (κ2) is 11.0. The molecule has 1 aromatic heterocycles. The SMILES string of the molecule is CNC1CCc2cc(-c3ccsn3)c(CC3(O)CCN(C(=O)CC(c4ccccc4)C(F)F)CC3)cc21. The number of amides is 1. The predicted octanol–water partition coefficient (Wildman–Crippen LogP) is 5.35. The van der Waals surface area contributed by atoms with Crippen LogP contribution in [-0.2, 0) is 17.6 Å². The summed E-state index contributed by atoms with van der Waals surface area (Å²) in [6, 6.07) is 15.3. The Hall–Kier alpha value is -2.68.